The molecule has 3 aromatic rings. The van der Waals surface area contributed by atoms with Crippen molar-refractivity contribution >= 4 is 11.7 Å². The van der Waals surface area contributed by atoms with Gasteiger partial charge in [-0.15, -0.1) is 0 Å². The van der Waals surface area contributed by atoms with Gasteiger partial charge in [-0.3, -0.25) is 4.79 Å². The molecule has 0 spiro atoms. The number of hydrogen-bond donors (Lipinski definition) is 1. The third-order valence-corrected chi connectivity index (χ3v) is 5.84. The third kappa shape index (κ3) is 4.04. The first-order chi connectivity index (χ1) is 15.4. The molecular weight excluding hydrogens is 404 g/mol. The fourth-order valence-electron chi connectivity index (χ4n) is 4.09. The van der Waals surface area contributed by atoms with Crippen molar-refractivity contribution in [2.45, 2.75) is 32.7 Å². The van der Waals surface area contributed by atoms with Gasteiger partial charge in [-0.1, -0.05) is 26.0 Å². The Labute approximate surface area is 187 Å². The van der Waals surface area contributed by atoms with Crippen LogP contribution in [-0.2, 0) is 0 Å². The Balaban J connectivity index is 1.70. The van der Waals surface area contributed by atoms with Crippen LogP contribution in [0.15, 0.2) is 53.3 Å². The highest BCUT2D eigenvalue weighted by molar-refractivity contribution is 5.94. The maximum atomic E-state index is 12.8. The van der Waals surface area contributed by atoms with Crippen molar-refractivity contribution in [2.24, 2.45) is 0 Å². The van der Waals surface area contributed by atoms with E-state index in [1.165, 1.54) is 12.5 Å². The molecule has 32 heavy (non-hydrogen) atoms. The van der Waals surface area contributed by atoms with E-state index >= 15 is 0 Å². The monoisotopic (exact) mass is 430 g/mol. The molecule has 3 heterocycles. The van der Waals surface area contributed by atoms with E-state index in [9.17, 15) is 15.2 Å². The lowest BCUT2D eigenvalue weighted by molar-refractivity contribution is 0.0673. The number of amides is 1. The fraction of sp³-hybridized carbons (Fsp3) is 0.320. The molecule has 1 aliphatic rings. The predicted molar refractivity (Wildman–Crippen MR) is 122 cm³/mol. The number of phenols is 1. The van der Waals surface area contributed by atoms with Crippen molar-refractivity contribution in [2.75, 3.05) is 24.5 Å². The highest BCUT2D eigenvalue weighted by Crippen LogP contribution is 2.34. The minimum Gasteiger partial charge on any atom is -0.508 e. The van der Waals surface area contributed by atoms with Crippen LogP contribution >= 0.6 is 0 Å². The molecule has 1 amide bonds. The van der Waals surface area contributed by atoms with E-state index in [1.807, 2.05) is 24.0 Å². The molecule has 1 fully saturated rings. The lowest BCUT2D eigenvalue weighted by Crippen LogP contribution is -2.54. The zero-order valence-electron chi connectivity index (χ0n) is 18.4. The third-order valence-electron chi connectivity index (χ3n) is 5.84. The number of nitriles is 1. The lowest BCUT2D eigenvalue weighted by atomic mass is 9.96. The van der Waals surface area contributed by atoms with Crippen LogP contribution in [0.1, 0.15) is 48.3 Å². The Bertz CT molecular complexity index is 1160. The molecule has 4 rings (SSSR count). The average Bonchev–Trinajstić information content (AvgIpc) is 3.32. The Morgan fingerprint density at radius 3 is 2.72 bits per heavy atom. The molecule has 0 aliphatic carbocycles. The van der Waals surface area contributed by atoms with Gasteiger partial charge in [0, 0.05) is 36.9 Å². The molecule has 164 valence electrons. The van der Waals surface area contributed by atoms with Gasteiger partial charge < -0.3 is 19.3 Å². The van der Waals surface area contributed by atoms with E-state index in [4.69, 9.17) is 9.40 Å². The lowest BCUT2D eigenvalue weighted by Gasteiger charge is -2.40. The standard InChI is InChI=1S/C25H26N4O3/c1-16(2)23-12-21(18-5-4-6-20(30)11-18)22(13-26)24(27-23)28-8-9-29(17(3)14-28)25(31)19-7-10-32-15-19/h4-7,10-12,15-17,30H,8-9,14H2,1-3H3. The summed E-state index contributed by atoms with van der Waals surface area (Å²) >= 11 is 0. The van der Waals surface area contributed by atoms with Crippen LogP contribution in [0.3, 0.4) is 0 Å². The van der Waals surface area contributed by atoms with Crippen LogP contribution in [0.2, 0.25) is 0 Å². The summed E-state index contributed by atoms with van der Waals surface area (Å²) in [6.45, 7) is 7.77. The fourth-order valence-corrected chi connectivity index (χ4v) is 4.09. The molecule has 1 saturated heterocycles. The summed E-state index contributed by atoms with van der Waals surface area (Å²) in [5.41, 5.74) is 3.41. The second-order valence-corrected chi connectivity index (χ2v) is 8.42. The Morgan fingerprint density at radius 1 is 1.28 bits per heavy atom. The van der Waals surface area contributed by atoms with Gasteiger partial charge in [-0.2, -0.15) is 5.26 Å². The van der Waals surface area contributed by atoms with Crippen LogP contribution in [-0.4, -0.2) is 46.6 Å². The number of benzene rings is 1. The topological polar surface area (TPSA) is 93.6 Å². The number of rotatable bonds is 4. The number of hydrogen-bond acceptors (Lipinski definition) is 6. The number of aromatic nitrogens is 1. The van der Waals surface area contributed by atoms with Gasteiger partial charge in [0.05, 0.1) is 11.8 Å². The molecule has 0 radical (unpaired) electrons. The van der Waals surface area contributed by atoms with Crippen LogP contribution in [0.25, 0.3) is 11.1 Å². The first kappa shape index (κ1) is 21.4. The summed E-state index contributed by atoms with van der Waals surface area (Å²) in [5, 5.41) is 20.0. The zero-order valence-corrected chi connectivity index (χ0v) is 18.4. The van der Waals surface area contributed by atoms with Gasteiger partial charge in [0.2, 0.25) is 0 Å². The average molecular weight is 431 g/mol. The molecule has 1 N–H and O–H groups in total. The minimum absolute atomic E-state index is 0.0595. The molecule has 1 aromatic carbocycles. The van der Waals surface area contributed by atoms with Crippen molar-refractivity contribution in [3.63, 3.8) is 0 Å². The number of aromatic hydroxyl groups is 1. The Hall–Kier alpha value is -3.79. The largest absolute Gasteiger partial charge is 0.508 e. The van der Waals surface area contributed by atoms with Crippen LogP contribution in [0.4, 0.5) is 5.82 Å². The summed E-state index contributed by atoms with van der Waals surface area (Å²) in [6, 6.07) is 12.8. The Kier molecular flexibility index (Phi) is 5.87. The van der Waals surface area contributed by atoms with Crippen LogP contribution in [0, 0.1) is 11.3 Å². The first-order valence-electron chi connectivity index (χ1n) is 10.7. The first-order valence-corrected chi connectivity index (χ1v) is 10.7. The number of phenolic OH excluding ortho intramolecular Hbond substituents is 1. The van der Waals surface area contributed by atoms with Crippen molar-refractivity contribution in [3.05, 3.63) is 65.7 Å². The van der Waals surface area contributed by atoms with Crippen molar-refractivity contribution in [1.29, 1.82) is 5.26 Å². The van der Waals surface area contributed by atoms with Gasteiger partial charge in [-0.05, 0) is 42.7 Å². The molecule has 2 aromatic heterocycles. The molecule has 1 unspecified atom stereocenters. The molecule has 1 atom stereocenters. The smallest absolute Gasteiger partial charge is 0.257 e. The van der Waals surface area contributed by atoms with Gasteiger partial charge in [0.25, 0.3) is 5.91 Å². The van der Waals surface area contributed by atoms with Crippen molar-refractivity contribution < 1.29 is 14.3 Å². The van der Waals surface area contributed by atoms with Gasteiger partial charge in [0.15, 0.2) is 0 Å². The van der Waals surface area contributed by atoms with E-state index in [2.05, 4.69) is 24.8 Å². The van der Waals surface area contributed by atoms with Gasteiger partial charge in [0.1, 0.15) is 29.5 Å². The van der Waals surface area contributed by atoms with E-state index in [0.717, 1.165) is 16.8 Å². The number of carbonyl (C=O) groups is 1. The zero-order chi connectivity index (χ0) is 22.8. The second-order valence-electron chi connectivity index (χ2n) is 8.42. The summed E-state index contributed by atoms with van der Waals surface area (Å²) in [4.78, 5) is 21.6. The number of carbonyl (C=O) groups excluding carboxylic acids is 1. The summed E-state index contributed by atoms with van der Waals surface area (Å²) in [5.74, 6) is 0.879. The molecule has 7 nitrogen and oxygen atoms in total. The molecule has 0 bridgehead atoms. The Morgan fingerprint density at radius 2 is 2.09 bits per heavy atom. The van der Waals surface area contributed by atoms with Gasteiger partial charge >= 0.3 is 0 Å². The highest BCUT2D eigenvalue weighted by atomic mass is 16.3. The normalized spacial score (nSPS) is 16.3. The highest BCUT2D eigenvalue weighted by Gasteiger charge is 2.31. The summed E-state index contributed by atoms with van der Waals surface area (Å²) in [6.07, 6.45) is 2.96. The molecular formula is C25H26N4O3. The number of furan rings is 1. The summed E-state index contributed by atoms with van der Waals surface area (Å²) < 4.78 is 5.06. The molecule has 1 aliphatic heterocycles. The molecule has 7 heteroatoms. The number of anilines is 1. The quantitative estimate of drug-likeness (QED) is 0.660. The predicted octanol–water partition coefficient (Wildman–Crippen LogP) is 4.39. The second kappa shape index (κ2) is 8.75. The number of pyridine rings is 1. The summed E-state index contributed by atoms with van der Waals surface area (Å²) in [7, 11) is 0. The van der Waals surface area contributed by atoms with E-state index in [1.54, 1.807) is 24.3 Å². The van der Waals surface area contributed by atoms with E-state index in [0.29, 0.717) is 36.6 Å². The minimum atomic E-state index is -0.0635. The molecule has 0 saturated carbocycles. The maximum absolute atomic E-state index is 12.8. The van der Waals surface area contributed by atoms with Crippen LogP contribution < -0.4 is 4.90 Å². The van der Waals surface area contributed by atoms with Crippen LogP contribution in [0.5, 0.6) is 5.75 Å². The number of nitrogens with zero attached hydrogens (tertiary/aromatic N) is 4. The SMILES string of the molecule is CC(C)c1cc(-c2cccc(O)c2)c(C#N)c(N2CCN(C(=O)c3ccoc3)C(C)C2)n1. The van der Waals surface area contributed by atoms with Gasteiger partial charge in [-0.25, -0.2) is 4.98 Å². The van der Waals surface area contributed by atoms with Crippen molar-refractivity contribution in [3.8, 4) is 22.9 Å². The van der Waals surface area contributed by atoms with E-state index < -0.39 is 0 Å². The maximum Gasteiger partial charge on any atom is 0.257 e. The van der Waals surface area contributed by atoms with E-state index in [-0.39, 0.29) is 23.6 Å². The number of piperazine rings is 1. The van der Waals surface area contributed by atoms with Crippen molar-refractivity contribution in [1.82, 2.24) is 9.88 Å².